The van der Waals surface area contributed by atoms with E-state index >= 15 is 0 Å². The SMILES string of the molecule is CC(O)CC(C)(C)CNC(=O)CNCC1CC1.Cl. The Hall–Kier alpha value is -0.320. The average molecular weight is 279 g/mol. The van der Waals surface area contributed by atoms with Gasteiger partial charge in [-0.15, -0.1) is 12.4 Å². The third-order valence-electron chi connectivity index (χ3n) is 3.03. The molecule has 1 saturated carbocycles. The summed E-state index contributed by atoms with van der Waals surface area (Å²) in [6.07, 6.45) is 2.98. The second-order valence-corrected chi connectivity index (χ2v) is 6.07. The van der Waals surface area contributed by atoms with Crippen molar-refractivity contribution >= 4 is 18.3 Å². The van der Waals surface area contributed by atoms with Crippen LogP contribution in [0.25, 0.3) is 0 Å². The smallest absolute Gasteiger partial charge is 0.233 e. The van der Waals surface area contributed by atoms with Gasteiger partial charge in [-0.05, 0) is 44.1 Å². The minimum Gasteiger partial charge on any atom is -0.393 e. The second kappa shape index (κ2) is 7.97. The molecule has 1 atom stereocenters. The molecule has 5 heteroatoms. The van der Waals surface area contributed by atoms with E-state index in [2.05, 4.69) is 24.5 Å². The Balaban J connectivity index is 0.00000289. The summed E-state index contributed by atoms with van der Waals surface area (Å²) in [7, 11) is 0. The van der Waals surface area contributed by atoms with Gasteiger partial charge in [0.1, 0.15) is 0 Å². The van der Waals surface area contributed by atoms with Crippen LogP contribution in [0.2, 0.25) is 0 Å². The van der Waals surface area contributed by atoms with E-state index in [1.165, 1.54) is 12.8 Å². The number of amides is 1. The van der Waals surface area contributed by atoms with Gasteiger partial charge in [0.15, 0.2) is 0 Å². The molecule has 1 aliphatic rings. The molecule has 1 amide bonds. The molecular formula is C13H27ClN2O2. The molecule has 0 bridgehead atoms. The summed E-state index contributed by atoms with van der Waals surface area (Å²) in [5.74, 6) is 0.846. The first-order valence-corrected chi connectivity index (χ1v) is 6.54. The Morgan fingerprint density at radius 2 is 2.06 bits per heavy atom. The summed E-state index contributed by atoms with van der Waals surface area (Å²) < 4.78 is 0. The largest absolute Gasteiger partial charge is 0.393 e. The molecule has 108 valence electrons. The predicted molar refractivity (Wildman–Crippen MR) is 75.9 cm³/mol. The van der Waals surface area contributed by atoms with Crippen LogP contribution < -0.4 is 10.6 Å². The van der Waals surface area contributed by atoms with E-state index < -0.39 is 0 Å². The Labute approximate surface area is 116 Å². The van der Waals surface area contributed by atoms with Crippen molar-refractivity contribution < 1.29 is 9.90 Å². The molecular weight excluding hydrogens is 252 g/mol. The molecule has 1 rings (SSSR count). The van der Waals surface area contributed by atoms with E-state index in [0.717, 1.165) is 12.5 Å². The maximum absolute atomic E-state index is 11.5. The number of nitrogens with one attached hydrogen (secondary N) is 2. The molecule has 3 N–H and O–H groups in total. The second-order valence-electron chi connectivity index (χ2n) is 6.07. The Morgan fingerprint density at radius 3 is 2.56 bits per heavy atom. The van der Waals surface area contributed by atoms with Crippen molar-refractivity contribution in [3.05, 3.63) is 0 Å². The Bertz CT molecular complexity index is 253. The summed E-state index contributed by atoms with van der Waals surface area (Å²) in [4.78, 5) is 11.5. The van der Waals surface area contributed by atoms with Crippen molar-refractivity contribution in [3.8, 4) is 0 Å². The third kappa shape index (κ3) is 8.72. The van der Waals surface area contributed by atoms with Gasteiger partial charge in [0, 0.05) is 6.54 Å². The topological polar surface area (TPSA) is 61.4 Å². The monoisotopic (exact) mass is 278 g/mol. The molecule has 18 heavy (non-hydrogen) atoms. The number of carbonyl (C=O) groups excluding carboxylic acids is 1. The normalized spacial score (nSPS) is 16.9. The maximum Gasteiger partial charge on any atom is 0.233 e. The van der Waals surface area contributed by atoms with Crippen LogP contribution in [0.15, 0.2) is 0 Å². The zero-order valence-electron chi connectivity index (χ0n) is 11.7. The van der Waals surface area contributed by atoms with E-state index in [4.69, 9.17) is 0 Å². The minimum absolute atomic E-state index is 0. The maximum atomic E-state index is 11.5. The zero-order valence-corrected chi connectivity index (χ0v) is 12.5. The van der Waals surface area contributed by atoms with Crippen molar-refractivity contribution in [2.24, 2.45) is 11.3 Å². The first kappa shape index (κ1) is 17.7. The molecule has 1 unspecified atom stereocenters. The molecule has 0 aromatic heterocycles. The number of aliphatic hydroxyl groups excluding tert-OH is 1. The molecule has 1 aliphatic carbocycles. The average Bonchev–Trinajstić information content (AvgIpc) is 2.97. The van der Waals surface area contributed by atoms with Gasteiger partial charge in [-0.25, -0.2) is 0 Å². The summed E-state index contributed by atoms with van der Waals surface area (Å²) in [6.45, 7) is 7.86. The van der Waals surface area contributed by atoms with Crippen molar-refractivity contribution in [3.63, 3.8) is 0 Å². The molecule has 4 nitrogen and oxygen atoms in total. The highest BCUT2D eigenvalue weighted by atomic mass is 35.5. The number of rotatable bonds is 8. The zero-order chi connectivity index (χ0) is 12.9. The minimum atomic E-state index is -0.324. The molecule has 0 radical (unpaired) electrons. The van der Waals surface area contributed by atoms with Crippen LogP contribution in [0.3, 0.4) is 0 Å². The van der Waals surface area contributed by atoms with Gasteiger partial charge < -0.3 is 15.7 Å². The Morgan fingerprint density at radius 1 is 1.44 bits per heavy atom. The van der Waals surface area contributed by atoms with Crippen LogP contribution in [0, 0.1) is 11.3 Å². The van der Waals surface area contributed by atoms with E-state index in [1.54, 1.807) is 6.92 Å². The summed E-state index contributed by atoms with van der Waals surface area (Å²) >= 11 is 0. The molecule has 1 fully saturated rings. The van der Waals surface area contributed by atoms with Crippen LogP contribution in [0.5, 0.6) is 0 Å². The predicted octanol–water partition coefficient (Wildman–Crippen LogP) is 1.32. The van der Waals surface area contributed by atoms with Crippen molar-refractivity contribution in [1.29, 1.82) is 0 Å². The first-order chi connectivity index (χ1) is 7.89. The van der Waals surface area contributed by atoms with Gasteiger partial charge in [0.05, 0.1) is 12.6 Å². The molecule has 0 aliphatic heterocycles. The molecule has 0 spiro atoms. The molecule has 0 saturated heterocycles. The van der Waals surface area contributed by atoms with Crippen molar-refractivity contribution in [2.45, 2.75) is 46.1 Å². The summed E-state index contributed by atoms with van der Waals surface area (Å²) in [5, 5.41) is 15.4. The van der Waals surface area contributed by atoms with Crippen molar-refractivity contribution in [1.82, 2.24) is 10.6 Å². The first-order valence-electron chi connectivity index (χ1n) is 6.54. The lowest BCUT2D eigenvalue weighted by Crippen LogP contribution is -2.40. The van der Waals surface area contributed by atoms with Gasteiger partial charge in [-0.3, -0.25) is 4.79 Å². The van der Waals surface area contributed by atoms with Crippen molar-refractivity contribution in [2.75, 3.05) is 19.6 Å². The van der Waals surface area contributed by atoms with Crippen LogP contribution in [0.4, 0.5) is 0 Å². The Kier molecular flexibility index (Phi) is 7.83. The van der Waals surface area contributed by atoms with Crippen LogP contribution in [-0.4, -0.2) is 36.8 Å². The standard InChI is InChI=1S/C13H26N2O2.ClH/c1-10(16)6-13(2,3)9-15-12(17)8-14-7-11-4-5-11;/h10-11,14,16H,4-9H2,1-3H3,(H,15,17);1H. The number of hydrogen-bond donors (Lipinski definition) is 3. The molecule has 0 heterocycles. The lowest BCUT2D eigenvalue weighted by molar-refractivity contribution is -0.120. The quantitative estimate of drug-likeness (QED) is 0.628. The number of aliphatic hydroxyl groups is 1. The lowest BCUT2D eigenvalue weighted by Gasteiger charge is -2.26. The highest BCUT2D eigenvalue weighted by Gasteiger charge is 2.22. The highest BCUT2D eigenvalue weighted by molar-refractivity contribution is 5.85. The summed E-state index contributed by atoms with van der Waals surface area (Å²) in [5.41, 5.74) is -0.0552. The van der Waals surface area contributed by atoms with Gasteiger partial charge in [-0.2, -0.15) is 0 Å². The van der Waals surface area contributed by atoms with E-state index in [-0.39, 0.29) is 29.8 Å². The van der Waals surface area contributed by atoms with Gasteiger partial charge in [-0.1, -0.05) is 13.8 Å². The highest BCUT2D eigenvalue weighted by Crippen LogP contribution is 2.27. The fourth-order valence-electron chi connectivity index (χ4n) is 1.98. The molecule has 0 aromatic rings. The van der Waals surface area contributed by atoms with Crippen LogP contribution in [-0.2, 0) is 4.79 Å². The third-order valence-corrected chi connectivity index (χ3v) is 3.03. The van der Waals surface area contributed by atoms with E-state index in [9.17, 15) is 9.90 Å². The summed E-state index contributed by atoms with van der Waals surface area (Å²) in [6, 6.07) is 0. The van der Waals surface area contributed by atoms with E-state index in [1.807, 2.05) is 0 Å². The lowest BCUT2D eigenvalue weighted by atomic mass is 9.87. The number of halogens is 1. The van der Waals surface area contributed by atoms with Crippen LogP contribution in [0.1, 0.15) is 40.0 Å². The fourth-order valence-corrected chi connectivity index (χ4v) is 1.98. The number of hydrogen-bond acceptors (Lipinski definition) is 3. The van der Waals surface area contributed by atoms with Gasteiger partial charge >= 0.3 is 0 Å². The van der Waals surface area contributed by atoms with Crippen LogP contribution >= 0.6 is 12.4 Å². The number of carbonyl (C=O) groups is 1. The van der Waals surface area contributed by atoms with Gasteiger partial charge in [0.2, 0.25) is 5.91 Å². The fraction of sp³-hybridized carbons (Fsp3) is 0.923. The molecule has 0 aromatic carbocycles. The van der Waals surface area contributed by atoms with E-state index in [0.29, 0.717) is 19.5 Å². The van der Waals surface area contributed by atoms with Gasteiger partial charge in [0.25, 0.3) is 0 Å².